The summed E-state index contributed by atoms with van der Waals surface area (Å²) < 4.78 is 5.24. The molecule has 21 heavy (non-hydrogen) atoms. The van der Waals surface area contributed by atoms with Gasteiger partial charge in [0.25, 0.3) is 0 Å². The smallest absolute Gasteiger partial charge is 0.338 e. The van der Waals surface area contributed by atoms with Crippen molar-refractivity contribution >= 4 is 28.9 Å². The number of carboxylic acids is 1. The Bertz CT molecular complexity index is 794. The molecule has 1 aromatic carbocycles. The number of furan rings is 1. The number of halogens is 1. The van der Waals surface area contributed by atoms with E-state index in [1.165, 1.54) is 23.7 Å². The molecular formula is C15H10ClNO3S. The van der Waals surface area contributed by atoms with Crippen LogP contribution < -0.4 is 0 Å². The third-order valence-corrected chi connectivity index (χ3v) is 4.17. The van der Waals surface area contributed by atoms with E-state index in [0.29, 0.717) is 22.9 Å². The van der Waals surface area contributed by atoms with Gasteiger partial charge in [-0.25, -0.2) is 9.78 Å². The van der Waals surface area contributed by atoms with Crippen molar-refractivity contribution in [3.63, 3.8) is 0 Å². The summed E-state index contributed by atoms with van der Waals surface area (Å²) in [5.41, 5.74) is 1.76. The lowest BCUT2D eigenvalue weighted by molar-refractivity contribution is 0.0696. The summed E-state index contributed by atoms with van der Waals surface area (Å²) in [6, 6.07) is 9.09. The molecule has 0 bridgehead atoms. The van der Waals surface area contributed by atoms with E-state index >= 15 is 0 Å². The fourth-order valence-corrected chi connectivity index (χ4v) is 2.90. The van der Waals surface area contributed by atoms with E-state index in [9.17, 15) is 4.79 Å². The fourth-order valence-electron chi connectivity index (χ4n) is 1.89. The summed E-state index contributed by atoms with van der Waals surface area (Å²) >= 11 is 7.62. The van der Waals surface area contributed by atoms with Gasteiger partial charge in [-0.05, 0) is 11.6 Å². The van der Waals surface area contributed by atoms with Gasteiger partial charge in [-0.1, -0.05) is 29.8 Å². The Balaban J connectivity index is 1.83. The second-order valence-corrected chi connectivity index (χ2v) is 5.75. The number of hydrogen-bond donors (Lipinski definition) is 1. The van der Waals surface area contributed by atoms with Gasteiger partial charge in [0.1, 0.15) is 12.0 Å². The number of thiazole rings is 1. The van der Waals surface area contributed by atoms with Crippen LogP contribution in [0.1, 0.15) is 20.9 Å². The number of carboxylic acid groups (broad SMARTS) is 1. The van der Waals surface area contributed by atoms with Crippen LogP contribution in [-0.4, -0.2) is 16.1 Å². The van der Waals surface area contributed by atoms with Crippen molar-refractivity contribution in [3.05, 3.63) is 63.1 Å². The molecule has 2 aromatic heterocycles. The van der Waals surface area contributed by atoms with Gasteiger partial charge < -0.3 is 9.52 Å². The van der Waals surface area contributed by atoms with Crippen molar-refractivity contribution in [2.24, 2.45) is 0 Å². The number of aromatic carboxylic acids is 1. The van der Waals surface area contributed by atoms with Crippen LogP contribution >= 0.6 is 22.9 Å². The van der Waals surface area contributed by atoms with Crippen LogP contribution in [0.3, 0.4) is 0 Å². The second-order valence-electron chi connectivity index (χ2n) is 4.40. The Morgan fingerprint density at radius 3 is 2.90 bits per heavy atom. The van der Waals surface area contributed by atoms with Crippen molar-refractivity contribution in [1.29, 1.82) is 0 Å². The molecule has 0 aliphatic rings. The molecule has 0 saturated heterocycles. The zero-order valence-corrected chi connectivity index (χ0v) is 12.3. The molecule has 4 nitrogen and oxygen atoms in total. The average molecular weight is 320 g/mol. The zero-order valence-electron chi connectivity index (χ0n) is 10.7. The summed E-state index contributed by atoms with van der Waals surface area (Å²) in [5, 5.41) is 12.3. The van der Waals surface area contributed by atoms with Crippen LogP contribution in [-0.2, 0) is 6.42 Å². The summed E-state index contributed by atoms with van der Waals surface area (Å²) in [4.78, 5) is 15.3. The van der Waals surface area contributed by atoms with Crippen molar-refractivity contribution < 1.29 is 14.3 Å². The van der Waals surface area contributed by atoms with Crippen LogP contribution in [0, 0.1) is 0 Å². The molecule has 3 aromatic rings. The van der Waals surface area contributed by atoms with Crippen LogP contribution in [0.5, 0.6) is 0 Å². The Morgan fingerprint density at radius 2 is 2.19 bits per heavy atom. The molecule has 0 saturated carbocycles. The third kappa shape index (κ3) is 2.99. The molecule has 0 unspecified atom stereocenters. The number of nitrogens with zero attached hydrogens (tertiary/aromatic N) is 1. The van der Waals surface area contributed by atoms with Gasteiger partial charge in [0.15, 0.2) is 5.76 Å². The SMILES string of the molecule is O=C(O)c1coc(-c2csc(Cc3ccccc3Cl)n2)c1. The van der Waals surface area contributed by atoms with Gasteiger partial charge in [-0.15, -0.1) is 11.3 Å². The first-order valence-corrected chi connectivity index (χ1v) is 7.39. The summed E-state index contributed by atoms with van der Waals surface area (Å²) in [6.07, 6.45) is 1.85. The summed E-state index contributed by atoms with van der Waals surface area (Å²) in [7, 11) is 0. The molecule has 0 fully saturated rings. The first kappa shape index (κ1) is 13.9. The molecule has 0 spiro atoms. The molecule has 2 heterocycles. The van der Waals surface area contributed by atoms with E-state index < -0.39 is 5.97 Å². The van der Waals surface area contributed by atoms with Crippen LogP contribution in [0.2, 0.25) is 5.02 Å². The summed E-state index contributed by atoms with van der Waals surface area (Å²) in [5.74, 6) is -0.564. The van der Waals surface area contributed by atoms with Crippen LogP contribution in [0.25, 0.3) is 11.5 Å². The first-order valence-electron chi connectivity index (χ1n) is 6.13. The fraction of sp³-hybridized carbons (Fsp3) is 0.0667. The maximum absolute atomic E-state index is 10.8. The van der Waals surface area contributed by atoms with Gasteiger partial charge in [-0.2, -0.15) is 0 Å². The van der Waals surface area contributed by atoms with Crippen molar-refractivity contribution in [3.8, 4) is 11.5 Å². The van der Waals surface area contributed by atoms with Crippen molar-refractivity contribution in [2.75, 3.05) is 0 Å². The minimum atomic E-state index is -1.02. The maximum Gasteiger partial charge on any atom is 0.338 e. The lowest BCUT2D eigenvalue weighted by atomic mass is 10.1. The number of rotatable bonds is 4. The second kappa shape index (κ2) is 5.71. The Hall–Kier alpha value is -2.11. The van der Waals surface area contributed by atoms with Crippen molar-refractivity contribution in [2.45, 2.75) is 6.42 Å². The number of aromatic nitrogens is 1. The lowest BCUT2D eigenvalue weighted by Gasteiger charge is -2.00. The van der Waals surface area contributed by atoms with E-state index in [0.717, 1.165) is 10.6 Å². The minimum Gasteiger partial charge on any atom is -0.478 e. The third-order valence-electron chi connectivity index (χ3n) is 2.95. The Labute approximate surface area is 129 Å². The molecule has 6 heteroatoms. The largest absolute Gasteiger partial charge is 0.478 e. The Kier molecular flexibility index (Phi) is 3.77. The van der Waals surface area contributed by atoms with E-state index in [1.54, 1.807) is 0 Å². The van der Waals surface area contributed by atoms with Gasteiger partial charge in [0, 0.05) is 22.9 Å². The van der Waals surface area contributed by atoms with E-state index in [1.807, 2.05) is 29.6 Å². The normalized spacial score (nSPS) is 10.7. The van der Waals surface area contributed by atoms with E-state index in [-0.39, 0.29) is 5.56 Å². The minimum absolute atomic E-state index is 0.116. The van der Waals surface area contributed by atoms with E-state index in [4.69, 9.17) is 21.1 Å². The highest BCUT2D eigenvalue weighted by molar-refractivity contribution is 7.10. The lowest BCUT2D eigenvalue weighted by Crippen LogP contribution is -1.91. The zero-order chi connectivity index (χ0) is 14.8. The molecule has 0 amide bonds. The molecule has 0 radical (unpaired) electrons. The van der Waals surface area contributed by atoms with Gasteiger partial charge in [0.05, 0.1) is 10.6 Å². The highest BCUT2D eigenvalue weighted by atomic mass is 35.5. The van der Waals surface area contributed by atoms with Crippen molar-refractivity contribution in [1.82, 2.24) is 4.98 Å². The molecule has 0 aliphatic heterocycles. The molecule has 106 valence electrons. The highest BCUT2D eigenvalue weighted by Gasteiger charge is 2.13. The molecule has 0 atom stereocenters. The number of carbonyl (C=O) groups is 1. The summed E-state index contributed by atoms with van der Waals surface area (Å²) in [6.45, 7) is 0. The number of benzene rings is 1. The number of hydrogen-bond acceptors (Lipinski definition) is 4. The van der Waals surface area contributed by atoms with E-state index in [2.05, 4.69) is 4.98 Å². The van der Waals surface area contributed by atoms with Gasteiger partial charge in [-0.3, -0.25) is 0 Å². The standard InChI is InChI=1S/C15H10ClNO3S/c16-11-4-2-1-3-9(11)6-14-17-12(8-21-14)13-5-10(7-20-13)15(18)19/h1-5,7-8H,6H2,(H,18,19). The first-order chi connectivity index (χ1) is 10.1. The average Bonchev–Trinajstić information content (AvgIpc) is 3.10. The molecule has 0 aliphatic carbocycles. The quantitative estimate of drug-likeness (QED) is 0.776. The predicted octanol–water partition coefficient (Wildman–Crippen LogP) is 4.35. The molecule has 1 N–H and O–H groups in total. The van der Waals surface area contributed by atoms with Gasteiger partial charge in [0.2, 0.25) is 0 Å². The van der Waals surface area contributed by atoms with Crippen LogP contribution in [0.4, 0.5) is 0 Å². The monoisotopic (exact) mass is 319 g/mol. The predicted molar refractivity (Wildman–Crippen MR) is 81.0 cm³/mol. The highest BCUT2D eigenvalue weighted by Crippen LogP contribution is 2.26. The van der Waals surface area contributed by atoms with Gasteiger partial charge >= 0.3 is 5.97 Å². The topological polar surface area (TPSA) is 63.3 Å². The Morgan fingerprint density at radius 1 is 1.38 bits per heavy atom. The van der Waals surface area contributed by atoms with Crippen LogP contribution in [0.15, 0.2) is 46.4 Å². The molecular weight excluding hydrogens is 310 g/mol. The maximum atomic E-state index is 10.8. The molecule has 3 rings (SSSR count).